The minimum absolute atomic E-state index is 0.187. The molecule has 2 fully saturated rings. The predicted molar refractivity (Wildman–Crippen MR) is 95.6 cm³/mol. The summed E-state index contributed by atoms with van der Waals surface area (Å²) in [5.74, 6) is -2.87. The van der Waals surface area contributed by atoms with Gasteiger partial charge in [0.15, 0.2) is 0 Å². The Labute approximate surface area is 156 Å². The van der Waals surface area contributed by atoms with Gasteiger partial charge in [0.1, 0.15) is 11.8 Å². The number of nitrogens with zero attached hydrogens (tertiary/aromatic N) is 2. The van der Waals surface area contributed by atoms with Crippen molar-refractivity contribution in [1.82, 2.24) is 20.2 Å². The summed E-state index contributed by atoms with van der Waals surface area (Å²) in [6.07, 6.45) is 4.54. The number of aromatic amines is 1. The van der Waals surface area contributed by atoms with Crippen LogP contribution >= 0.6 is 7.37 Å². The van der Waals surface area contributed by atoms with Crippen LogP contribution in [0.3, 0.4) is 0 Å². The Bertz CT molecular complexity index is 767. The number of likely N-dealkylation sites (tertiary alicyclic amines) is 1. The van der Waals surface area contributed by atoms with Crippen molar-refractivity contribution in [3.63, 3.8) is 0 Å². The molecule has 0 radical (unpaired) electrons. The Morgan fingerprint density at radius 2 is 2.22 bits per heavy atom. The first-order valence-electron chi connectivity index (χ1n) is 8.96. The molecule has 2 aliphatic rings. The molecule has 1 aromatic rings. The van der Waals surface area contributed by atoms with Crippen molar-refractivity contribution in [3.8, 4) is 0 Å². The first-order valence-corrected chi connectivity index (χ1v) is 10.9. The third-order valence-electron chi connectivity index (χ3n) is 5.18. The van der Waals surface area contributed by atoms with Crippen molar-refractivity contribution >= 4 is 25.1 Å². The van der Waals surface area contributed by atoms with E-state index in [-0.39, 0.29) is 37.2 Å². The van der Waals surface area contributed by atoms with E-state index in [1.54, 1.807) is 6.20 Å². The van der Waals surface area contributed by atoms with E-state index in [0.717, 1.165) is 0 Å². The summed E-state index contributed by atoms with van der Waals surface area (Å²) >= 11 is 0. The van der Waals surface area contributed by atoms with Gasteiger partial charge in [0, 0.05) is 37.4 Å². The highest BCUT2D eigenvalue weighted by Crippen LogP contribution is 2.50. The Morgan fingerprint density at radius 1 is 1.44 bits per heavy atom. The average Bonchev–Trinajstić information content (AvgIpc) is 3.34. The van der Waals surface area contributed by atoms with Crippen LogP contribution in [-0.4, -0.2) is 62.0 Å². The molecule has 3 amide bonds. The second kappa shape index (κ2) is 7.82. The molecule has 10 nitrogen and oxygen atoms in total. The van der Waals surface area contributed by atoms with Crippen LogP contribution in [0.1, 0.15) is 31.4 Å². The highest BCUT2D eigenvalue weighted by atomic mass is 31.2. The highest BCUT2D eigenvalue weighted by Gasteiger charge is 2.43. The molecule has 2 aliphatic heterocycles. The maximum absolute atomic E-state index is 13.1. The third kappa shape index (κ3) is 4.39. The van der Waals surface area contributed by atoms with Gasteiger partial charge < -0.3 is 25.8 Å². The zero-order valence-corrected chi connectivity index (χ0v) is 15.7. The summed E-state index contributed by atoms with van der Waals surface area (Å²) in [6, 6.07) is -0.689. The van der Waals surface area contributed by atoms with E-state index in [1.165, 1.54) is 11.2 Å². The first kappa shape index (κ1) is 19.6. The van der Waals surface area contributed by atoms with E-state index in [1.807, 2.05) is 0 Å². The Kier molecular flexibility index (Phi) is 5.67. The second-order valence-corrected chi connectivity index (χ2v) is 9.63. The third-order valence-corrected chi connectivity index (χ3v) is 7.50. The summed E-state index contributed by atoms with van der Waals surface area (Å²) in [7, 11) is -3.82. The van der Waals surface area contributed by atoms with Crippen LogP contribution in [-0.2, 0) is 25.4 Å². The molecule has 1 aromatic heterocycles. The van der Waals surface area contributed by atoms with Crippen molar-refractivity contribution in [2.24, 2.45) is 11.7 Å². The van der Waals surface area contributed by atoms with Crippen molar-refractivity contribution in [2.75, 3.05) is 12.7 Å². The fourth-order valence-corrected chi connectivity index (χ4v) is 5.85. The lowest BCUT2D eigenvalue weighted by Crippen LogP contribution is -2.47. The van der Waals surface area contributed by atoms with Crippen molar-refractivity contribution < 1.29 is 23.8 Å². The lowest BCUT2D eigenvalue weighted by Gasteiger charge is -2.29. The summed E-state index contributed by atoms with van der Waals surface area (Å²) in [5.41, 5.74) is 6.06. The Balaban J connectivity index is 1.80. The molecule has 0 spiro atoms. The molecule has 2 saturated heterocycles. The molecule has 27 heavy (non-hydrogen) atoms. The van der Waals surface area contributed by atoms with Gasteiger partial charge in [-0.3, -0.25) is 18.9 Å². The zero-order chi connectivity index (χ0) is 19.6. The number of aromatic nitrogens is 2. The molecule has 148 valence electrons. The molecule has 0 bridgehead atoms. The molecule has 5 N–H and O–H groups in total. The molecule has 3 unspecified atom stereocenters. The number of amides is 3. The summed E-state index contributed by atoms with van der Waals surface area (Å²) in [6.45, 7) is 0.391. The second-order valence-electron chi connectivity index (χ2n) is 7.13. The van der Waals surface area contributed by atoms with Gasteiger partial charge in [-0.1, -0.05) is 0 Å². The van der Waals surface area contributed by atoms with E-state index < -0.39 is 31.0 Å². The van der Waals surface area contributed by atoms with Gasteiger partial charge in [-0.2, -0.15) is 0 Å². The number of rotatable bonds is 7. The number of H-pyrrole nitrogens is 1. The van der Waals surface area contributed by atoms with Gasteiger partial charge in [0.2, 0.25) is 25.1 Å². The van der Waals surface area contributed by atoms with Gasteiger partial charge in [0.25, 0.3) is 0 Å². The number of nitrogens with one attached hydrogen (secondary N) is 2. The van der Waals surface area contributed by atoms with Crippen LogP contribution in [0.15, 0.2) is 12.5 Å². The molecule has 4 atom stereocenters. The highest BCUT2D eigenvalue weighted by molar-refractivity contribution is 7.58. The maximum Gasteiger partial charge on any atom is 0.240 e. The number of primary amides is 1. The molecule has 0 aliphatic carbocycles. The van der Waals surface area contributed by atoms with E-state index in [4.69, 9.17) is 5.73 Å². The van der Waals surface area contributed by atoms with Gasteiger partial charge >= 0.3 is 0 Å². The van der Waals surface area contributed by atoms with Gasteiger partial charge in [-0.05, 0) is 19.3 Å². The smallest absolute Gasteiger partial charge is 0.240 e. The van der Waals surface area contributed by atoms with E-state index >= 15 is 0 Å². The van der Waals surface area contributed by atoms with Gasteiger partial charge in [-0.25, -0.2) is 4.98 Å². The van der Waals surface area contributed by atoms with Crippen molar-refractivity contribution in [1.29, 1.82) is 0 Å². The number of carbonyl (C=O) groups excluding carboxylic acids is 3. The lowest BCUT2D eigenvalue weighted by atomic mass is 10.0. The number of hydrogen-bond acceptors (Lipinski definition) is 5. The molecule has 3 rings (SSSR count). The number of hydrogen-bond donors (Lipinski definition) is 4. The Hall–Kier alpha value is -2.19. The fraction of sp³-hybridized carbons (Fsp3) is 0.625. The molecule has 3 heterocycles. The van der Waals surface area contributed by atoms with Gasteiger partial charge in [0.05, 0.1) is 12.2 Å². The standard InChI is InChI=1S/C16H24N5O5P/c17-15(23)12-2-1-5-21(12)16(24)10(6-11-7-18-9-19-11)8-27(25,26)14-4-3-13(22)20-14/h7,9-10,12,14H,1-6,8H2,(H2,17,23)(H,18,19)(H,20,22)(H,25,26)/t10?,12-,14?/m0/s1. The maximum atomic E-state index is 13.1. The van der Waals surface area contributed by atoms with E-state index in [9.17, 15) is 23.8 Å². The zero-order valence-electron chi connectivity index (χ0n) is 14.8. The van der Waals surface area contributed by atoms with Crippen molar-refractivity contribution in [2.45, 2.75) is 43.9 Å². The van der Waals surface area contributed by atoms with Crippen molar-refractivity contribution in [3.05, 3.63) is 18.2 Å². The van der Waals surface area contributed by atoms with E-state index in [0.29, 0.717) is 25.1 Å². The van der Waals surface area contributed by atoms with Crippen LogP contribution in [0.5, 0.6) is 0 Å². The SMILES string of the molecule is NC(=O)[C@@H]1CCCN1C(=O)C(Cc1cnc[nH]1)CP(=O)(O)C1CCC(=O)N1. The summed E-state index contributed by atoms with van der Waals surface area (Å²) < 4.78 is 12.9. The quantitative estimate of drug-likeness (QED) is 0.456. The van der Waals surface area contributed by atoms with Crippen LogP contribution in [0.2, 0.25) is 0 Å². The minimum Gasteiger partial charge on any atom is -0.368 e. The lowest BCUT2D eigenvalue weighted by molar-refractivity contribution is -0.140. The van der Waals surface area contributed by atoms with Crippen LogP contribution in [0.4, 0.5) is 0 Å². The monoisotopic (exact) mass is 397 g/mol. The Morgan fingerprint density at radius 3 is 2.81 bits per heavy atom. The van der Waals surface area contributed by atoms with Crippen LogP contribution in [0, 0.1) is 5.92 Å². The van der Waals surface area contributed by atoms with Gasteiger partial charge in [-0.15, -0.1) is 0 Å². The average molecular weight is 397 g/mol. The molecular formula is C16H24N5O5P. The number of carbonyl (C=O) groups is 3. The minimum atomic E-state index is -3.82. The molecule has 11 heteroatoms. The first-order chi connectivity index (χ1) is 12.8. The summed E-state index contributed by atoms with van der Waals surface area (Å²) in [4.78, 5) is 54.9. The largest absolute Gasteiger partial charge is 0.368 e. The van der Waals surface area contributed by atoms with E-state index in [2.05, 4.69) is 15.3 Å². The number of nitrogens with two attached hydrogens (primary N) is 1. The van der Waals surface area contributed by atoms with Crippen LogP contribution < -0.4 is 11.1 Å². The predicted octanol–water partition coefficient (Wildman–Crippen LogP) is -0.449. The number of imidazole rings is 1. The summed E-state index contributed by atoms with van der Waals surface area (Å²) in [5, 5.41) is 2.52. The van der Waals surface area contributed by atoms with Crippen LogP contribution in [0.25, 0.3) is 0 Å². The molecule has 0 saturated carbocycles. The molecule has 0 aromatic carbocycles. The topological polar surface area (TPSA) is 158 Å². The molecular weight excluding hydrogens is 373 g/mol. The fourth-order valence-electron chi connectivity index (χ4n) is 3.80. The normalized spacial score (nSPS) is 25.8.